The minimum atomic E-state index is -2.85. The van der Waals surface area contributed by atoms with Gasteiger partial charge in [0.1, 0.15) is 30.0 Å². The fourth-order valence-corrected chi connectivity index (χ4v) is 11.6. The number of aliphatic imine (C=N–C) groups is 1. The lowest BCUT2D eigenvalue weighted by molar-refractivity contribution is 0.0697. The molecule has 2 fully saturated rings. The van der Waals surface area contributed by atoms with Crippen LogP contribution in [-0.4, -0.2) is 89.4 Å². The average molecular weight is 915 g/mol. The number of aromatic nitrogens is 7. The molecule has 3 aliphatic rings. The van der Waals surface area contributed by atoms with E-state index in [0.29, 0.717) is 76.1 Å². The number of hydrogen-bond donors (Lipinski definition) is 2. The van der Waals surface area contributed by atoms with Crippen LogP contribution in [0, 0.1) is 25.6 Å². The van der Waals surface area contributed by atoms with E-state index in [0.717, 1.165) is 34.6 Å². The first-order chi connectivity index (χ1) is 31.5. The monoisotopic (exact) mass is 914 g/mol. The van der Waals surface area contributed by atoms with Crippen LogP contribution in [0.3, 0.4) is 0 Å². The average Bonchev–Trinajstić information content (AvgIpc) is 3.78. The van der Waals surface area contributed by atoms with E-state index in [9.17, 15) is 14.2 Å². The lowest BCUT2D eigenvalue weighted by Gasteiger charge is -2.37. The topological polar surface area (TPSA) is 194 Å². The zero-order chi connectivity index (χ0) is 46.6. The normalized spacial score (nSPS) is 20.8. The molecule has 1 amide bonds. The van der Waals surface area contributed by atoms with Crippen molar-refractivity contribution >= 4 is 51.7 Å². The Bertz CT molecular complexity index is 3350. The van der Waals surface area contributed by atoms with Crippen LogP contribution < -0.4 is 22.5 Å². The number of rotatable bonds is 8. The number of nitrogens with one attached hydrogen (secondary N) is 1. The third-order valence-electron chi connectivity index (χ3n) is 13.9. The molecule has 18 heteroatoms. The molecule has 4 aromatic heterocycles. The van der Waals surface area contributed by atoms with Gasteiger partial charge in [0.25, 0.3) is 5.91 Å². The van der Waals surface area contributed by atoms with Crippen LogP contribution in [0.2, 0.25) is 0 Å². The molecule has 0 spiro atoms. The van der Waals surface area contributed by atoms with E-state index >= 15 is 9.18 Å². The second-order valence-electron chi connectivity index (χ2n) is 18.6. The van der Waals surface area contributed by atoms with Gasteiger partial charge in [-0.2, -0.15) is 5.10 Å². The molecule has 10 rings (SSSR count). The van der Waals surface area contributed by atoms with Crippen molar-refractivity contribution in [1.82, 2.24) is 38.5 Å². The predicted octanol–water partition coefficient (Wildman–Crippen LogP) is 6.56. The van der Waals surface area contributed by atoms with Crippen molar-refractivity contribution in [3.05, 3.63) is 133 Å². The lowest BCUT2D eigenvalue weighted by atomic mass is 9.91. The maximum Gasteiger partial charge on any atom is 0.438 e. The van der Waals surface area contributed by atoms with E-state index < -0.39 is 30.2 Å². The summed E-state index contributed by atoms with van der Waals surface area (Å²) in [6, 6.07) is 14.3. The second kappa shape index (κ2) is 15.8. The molecule has 0 bridgehead atoms. The lowest BCUT2D eigenvalue weighted by Crippen LogP contribution is -2.49. The van der Waals surface area contributed by atoms with Gasteiger partial charge in [0.2, 0.25) is 0 Å². The first-order valence-electron chi connectivity index (χ1n) is 22.2. The Hall–Kier alpha value is -6.58. The van der Waals surface area contributed by atoms with Crippen molar-refractivity contribution in [1.29, 1.82) is 0 Å². The van der Waals surface area contributed by atoms with Crippen molar-refractivity contribution in [2.75, 3.05) is 33.1 Å². The molecule has 1 saturated carbocycles. The number of benzene rings is 3. The third kappa shape index (κ3) is 7.01. The zero-order valence-electron chi connectivity index (χ0n) is 38.0. The number of imidazole rings is 1. The summed E-state index contributed by atoms with van der Waals surface area (Å²) < 4.78 is 45.9. The molecule has 7 aromatic rings. The maximum atomic E-state index is 15.5. The number of amides is 1. The number of aryl methyl sites for hydroxylation is 3. The summed E-state index contributed by atoms with van der Waals surface area (Å²) in [5.74, 6) is -0.516. The summed E-state index contributed by atoms with van der Waals surface area (Å²) in [5, 5.41) is 10.7. The number of aromatic amines is 1. The fourth-order valence-electron chi connectivity index (χ4n) is 10.3. The highest BCUT2D eigenvalue weighted by Crippen LogP contribution is 2.56. The highest BCUT2D eigenvalue weighted by molar-refractivity contribution is 7.70. The first-order valence-corrected chi connectivity index (χ1v) is 24.8. The third-order valence-corrected chi connectivity index (χ3v) is 15.4. The van der Waals surface area contributed by atoms with Crippen molar-refractivity contribution < 1.29 is 23.0 Å². The molecule has 16 nitrogen and oxygen atoms in total. The van der Waals surface area contributed by atoms with Crippen molar-refractivity contribution in [2.45, 2.75) is 70.9 Å². The highest BCUT2D eigenvalue weighted by atomic mass is 31.2. The fraction of sp³-hybridized carbons (Fsp3) is 0.375. The molecule has 6 heterocycles. The number of carbonyl (C=O) groups is 1. The van der Waals surface area contributed by atoms with Crippen molar-refractivity contribution in [2.24, 2.45) is 23.7 Å². The molecule has 0 radical (unpaired) electrons. The number of H-pyrrole nitrogens is 1. The SMILES string of the molecule is Cc1cc(N=C(C2=C(N)CCN(C(=O)c3cc4cc(C5CCOCC5)ccc4n3[C@@]3(c4noc(=O)[nH]4)C[C@@H]3C)[C@H]2C)n2ccn(-c3cc(P(C)(C)=O)c4c(cnn4C)c3)c2=O)cc(C)c1F. The van der Waals surface area contributed by atoms with Gasteiger partial charge in [-0.25, -0.2) is 19.0 Å². The molecule has 66 heavy (non-hydrogen) atoms. The number of nitrogens with two attached hydrogens (primary N) is 1. The van der Waals surface area contributed by atoms with Gasteiger partial charge >= 0.3 is 11.4 Å². The van der Waals surface area contributed by atoms with Crippen LogP contribution in [0.15, 0.2) is 97.5 Å². The molecule has 2 aliphatic heterocycles. The highest BCUT2D eigenvalue weighted by Gasteiger charge is 2.59. The number of halogens is 1. The first kappa shape index (κ1) is 43.3. The van der Waals surface area contributed by atoms with Gasteiger partial charge in [0.15, 0.2) is 5.82 Å². The van der Waals surface area contributed by atoms with Gasteiger partial charge in [-0.3, -0.25) is 28.1 Å². The number of fused-ring (bicyclic) bond motifs is 2. The number of nitrogens with zero attached hydrogens (tertiary/aromatic N) is 8. The van der Waals surface area contributed by atoms with E-state index in [2.05, 4.69) is 34.3 Å². The van der Waals surface area contributed by atoms with Crippen molar-refractivity contribution in [3.63, 3.8) is 0 Å². The summed E-state index contributed by atoms with van der Waals surface area (Å²) in [6.45, 7) is 12.2. The Labute approximate surface area is 378 Å². The summed E-state index contributed by atoms with van der Waals surface area (Å²) in [4.78, 5) is 52.4. The second-order valence-corrected chi connectivity index (χ2v) is 21.8. The Balaban J connectivity index is 1.11. The van der Waals surface area contributed by atoms with Gasteiger partial charge in [-0.1, -0.05) is 18.1 Å². The zero-order valence-corrected chi connectivity index (χ0v) is 38.9. The van der Waals surface area contributed by atoms with Gasteiger partial charge in [-0.05, 0) is 124 Å². The number of hydrogen-bond acceptors (Lipinski definition) is 10. The Kier molecular flexibility index (Phi) is 10.4. The molecule has 3 atom stereocenters. The summed E-state index contributed by atoms with van der Waals surface area (Å²) in [5.41, 5.74) is 11.2. The van der Waals surface area contributed by atoms with Crippen LogP contribution in [0.1, 0.15) is 78.5 Å². The smallest absolute Gasteiger partial charge is 0.402 e. The number of carbonyl (C=O) groups excluding carboxylic acids is 1. The Morgan fingerprint density at radius 1 is 1.02 bits per heavy atom. The standard InChI is InChI=1S/C48H52FN10O6P/c1-26-18-34(19-27(2)41(26)49)52-43(58-15-14-57(47(58)62)35-21-33-25-51-55(5)42(33)39(23-35)66(6,7)63)40-29(4)56(13-10-36(40)50)44(60)38-22-32-20-31(30-11-16-64-17-12-30)8-9-37(32)59(38)48(24-28(48)3)45-53-46(61)65-54-45/h8-9,14-15,18-23,25,28-30H,10-13,16-17,24,50H2,1-7H3,(H,53,54,61)/t28-,29-,48-/m0/s1. The molecular weight excluding hydrogens is 863 g/mol. The molecular formula is C48H52FN10O6P. The summed E-state index contributed by atoms with van der Waals surface area (Å²) in [7, 11) is -1.06. The Morgan fingerprint density at radius 2 is 1.74 bits per heavy atom. The molecule has 3 N–H and O–H groups in total. The van der Waals surface area contributed by atoms with Gasteiger partial charge in [0, 0.05) is 78.5 Å². The maximum absolute atomic E-state index is 15.5. The van der Waals surface area contributed by atoms with E-state index in [4.69, 9.17) is 20.0 Å². The van der Waals surface area contributed by atoms with Crippen LogP contribution in [0.4, 0.5) is 10.1 Å². The quantitative estimate of drug-likeness (QED) is 0.0965. The van der Waals surface area contributed by atoms with Gasteiger partial charge < -0.3 is 24.5 Å². The van der Waals surface area contributed by atoms with Gasteiger partial charge in [0.05, 0.1) is 29.1 Å². The molecule has 1 aliphatic carbocycles. The van der Waals surface area contributed by atoms with Crippen LogP contribution in [-0.2, 0) is 21.9 Å². The largest absolute Gasteiger partial charge is 0.438 e. The predicted molar refractivity (Wildman–Crippen MR) is 251 cm³/mol. The summed E-state index contributed by atoms with van der Waals surface area (Å²) >= 11 is 0. The Morgan fingerprint density at radius 3 is 2.41 bits per heavy atom. The van der Waals surface area contributed by atoms with E-state index in [1.54, 1.807) is 80.6 Å². The summed E-state index contributed by atoms with van der Waals surface area (Å²) in [6.07, 6.45) is 7.54. The number of ether oxygens (including phenoxy) is 1. The minimum Gasteiger partial charge on any atom is -0.402 e. The van der Waals surface area contributed by atoms with E-state index in [1.807, 2.05) is 29.7 Å². The van der Waals surface area contributed by atoms with E-state index in [1.165, 1.54) is 14.7 Å². The minimum absolute atomic E-state index is 0.00532. The van der Waals surface area contributed by atoms with Gasteiger partial charge in [-0.15, -0.1) is 0 Å². The van der Waals surface area contributed by atoms with Crippen LogP contribution in [0.5, 0.6) is 0 Å². The van der Waals surface area contributed by atoms with Crippen LogP contribution in [0.25, 0.3) is 27.5 Å². The van der Waals surface area contributed by atoms with E-state index in [-0.39, 0.29) is 36.4 Å². The molecule has 1 saturated heterocycles. The van der Waals surface area contributed by atoms with Crippen LogP contribution >= 0.6 is 7.14 Å². The molecule has 342 valence electrons. The molecule has 0 unspecified atom stereocenters. The van der Waals surface area contributed by atoms with Crippen molar-refractivity contribution in [3.8, 4) is 5.69 Å². The molecule has 3 aromatic carbocycles.